The Labute approximate surface area is 238 Å². The SMILES string of the molecule is CCOc1c(CC(N)=O)cc([C@@](O)(CNC(=O)c2cc(C(C)C)c3[nH]ncc3c2)C(F)(F)F)nc1-c1ccc(F)cc1. The van der Waals surface area contributed by atoms with Crippen LogP contribution in [0.3, 0.4) is 0 Å². The highest BCUT2D eigenvalue weighted by Crippen LogP contribution is 2.42. The first-order chi connectivity index (χ1) is 19.7. The van der Waals surface area contributed by atoms with Crippen molar-refractivity contribution in [3.05, 3.63) is 76.9 Å². The quantitative estimate of drug-likeness (QED) is 0.201. The molecule has 4 aromatic rings. The Balaban J connectivity index is 1.80. The molecule has 0 aliphatic heterocycles. The molecule has 13 heteroatoms. The minimum atomic E-state index is -5.33. The van der Waals surface area contributed by atoms with Gasteiger partial charge in [0.2, 0.25) is 11.5 Å². The van der Waals surface area contributed by atoms with E-state index < -0.39 is 48.1 Å². The Morgan fingerprint density at radius 1 is 1.14 bits per heavy atom. The van der Waals surface area contributed by atoms with Gasteiger partial charge in [0.1, 0.15) is 17.3 Å². The lowest BCUT2D eigenvalue weighted by Gasteiger charge is -2.31. The molecule has 0 unspecified atom stereocenters. The number of primary amides is 1. The van der Waals surface area contributed by atoms with E-state index in [1.807, 2.05) is 13.8 Å². The third-order valence-corrected chi connectivity index (χ3v) is 6.68. The van der Waals surface area contributed by atoms with Crippen LogP contribution in [-0.2, 0) is 16.8 Å². The maximum Gasteiger partial charge on any atom is 0.424 e. The smallest absolute Gasteiger partial charge is 0.424 e. The zero-order valence-corrected chi connectivity index (χ0v) is 23.0. The highest BCUT2D eigenvalue weighted by atomic mass is 19.4. The molecule has 0 aliphatic carbocycles. The summed E-state index contributed by atoms with van der Waals surface area (Å²) >= 11 is 0. The van der Waals surface area contributed by atoms with Gasteiger partial charge in [-0.05, 0) is 60.9 Å². The topological polar surface area (TPSA) is 143 Å². The van der Waals surface area contributed by atoms with Gasteiger partial charge in [0.25, 0.3) is 5.91 Å². The number of pyridine rings is 1. The molecule has 1 atom stereocenters. The molecule has 2 aromatic heterocycles. The Morgan fingerprint density at radius 3 is 2.43 bits per heavy atom. The second-order valence-corrected chi connectivity index (χ2v) is 10.0. The van der Waals surface area contributed by atoms with Gasteiger partial charge in [-0.25, -0.2) is 9.37 Å². The van der Waals surface area contributed by atoms with Crippen molar-refractivity contribution in [2.45, 2.75) is 44.9 Å². The molecule has 2 heterocycles. The Morgan fingerprint density at radius 2 is 1.83 bits per heavy atom. The molecule has 222 valence electrons. The van der Waals surface area contributed by atoms with Gasteiger partial charge in [-0.15, -0.1) is 0 Å². The molecule has 0 aliphatic rings. The van der Waals surface area contributed by atoms with Crippen molar-refractivity contribution in [3.63, 3.8) is 0 Å². The Kier molecular flexibility index (Phi) is 8.53. The number of benzene rings is 2. The van der Waals surface area contributed by atoms with Crippen LogP contribution >= 0.6 is 0 Å². The van der Waals surface area contributed by atoms with Gasteiger partial charge in [-0.2, -0.15) is 18.3 Å². The standard InChI is InChI=1S/C29H29F4N5O4/c1-4-42-26-17(12-23(34)39)11-22(37-25(26)16-5-7-20(30)8-6-16)28(41,29(31,32)33)14-35-27(40)18-9-19-13-36-38-24(19)21(10-18)15(2)3/h5-11,13,15,41H,4,12,14H2,1-3H3,(H2,34,39)(H,35,40)(H,36,38)/t28-/m0/s1. The minimum Gasteiger partial charge on any atom is -0.491 e. The zero-order chi connectivity index (χ0) is 30.8. The summed E-state index contributed by atoms with van der Waals surface area (Å²) in [6.07, 6.45) is -4.38. The van der Waals surface area contributed by atoms with Gasteiger partial charge < -0.3 is 20.9 Å². The first-order valence-electron chi connectivity index (χ1n) is 13.0. The van der Waals surface area contributed by atoms with Crippen molar-refractivity contribution in [3.8, 4) is 17.0 Å². The number of aliphatic hydroxyl groups is 1. The molecule has 0 saturated carbocycles. The van der Waals surface area contributed by atoms with Gasteiger partial charge >= 0.3 is 6.18 Å². The maximum atomic E-state index is 14.6. The van der Waals surface area contributed by atoms with E-state index in [-0.39, 0.29) is 40.7 Å². The normalized spacial score (nSPS) is 13.3. The fraction of sp³-hybridized carbons (Fsp3) is 0.310. The fourth-order valence-electron chi connectivity index (χ4n) is 4.54. The van der Waals surface area contributed by atoms with E-state index in [2.05, 4.69) is 20.5 Å². The predicted molar refractivity (Wildman–Crippen MR) is 146 cm³/mol. The highest BCUT2D eigenvalue weighted by molar-refractivity contribution is 5.99. The highest BCUT2D eigenvalue weighted by Gasteiger charge is 2.56. The molecule has 42 heavy (non-hydrogen) atoms. The lowest BCUT2D eigenvalue weighted by molar-refractivity contribution is -0.265. The number of aromatic nitrogens is 3. The van der Waals surface area contributed by atoms with E-state index in [0.717, 1.165) is 23.8 Å². The number of halogens is 4. The number of rotatable bonds is 10. The number of fused-ring (bicyclic) bond motifs is 1. The largest absolute Gasteiger partial charge is 0.491 e. The van der Waals surface area contributed by atoms with Crippen molar-refractivity contribution in [2.24, 2.45) is 5.73 Å². The first kappa shape index (κ1) is 30.4. The van der Waals surface area contributed by atoms with Crippen LogP contribution in [0.25, 0.3) is 22.2 Å². The van der Waals surface area contributed by atoms with Crippen LogP contribution in [0, 0.1) is 5.82 Å². The van der Waals surface area contributed by atoms with E-state index >= 15 is 0 Å². The molecule has 2 aromatic carbocycles. The minimum absolute atomic E-state index is 0.0329. The van der Waals surface area contributed by atoms with Gasteiger partial charge in [0.15, 0.2) is 0 Å². The van der Waals surface area contributed by atoms with Crippen LogP contribution in [0.2, 0.25) is 0 Å². The van der Waals surface area contributed by atoms with E-state index in [1.54, 1.807) is 13.0 Å². The van der Waals surface area contributed by atoms with Crippen LogP contribution in [-0.4, -0.2) is 51.4 Å². The number of hydrogen-bond donors (Lipinski definition) is 4. The summed E-state index contributed by atoms with van der Waals surface area (Å²) in [6, 6.07) is 8.57. The molecule has 0 radical (unpaired) electrons. The lowest BCUT2D eigenvalue weighted by Crippen LogP contribution is -2.51. The van der Waals surface area contributed by atoms with Crippen LogP contribution in [0.4, 0.5) is 17.6 Å². The van der Waals surface area contributed by atoms with Gasteiger partial charge in [-0.1, -0.05) is 13.8 Å². The second kappa shape index (κ2) is 11.8. The van der Waals surface area contributed by atoms with Crippen molar-refractivity contribution in [2.75, 3.05) is 13.2 Å². The number of carbonyl (C=O) groups is 2. The average Bonchev–Trinajstić information content (AvgIpc) is 3.40. The average molecular weight is 588 g/mol. The number of hydrogen-bond acceptors (Lipinski definition) is 6. The van der Waals surface area contributed by atoms with Crippen LogP contribution < -0.4 is 15.8 Å². The number of alkyl halides is 3. The number of carbonyl (C=O) groups excluding carboxylic acids is 2. The molecular formula is C29H29F4N5O4. The van der Waals surface area contributed by atoms with E-state index in [0.29, 0.717) is 10.9 Å². The molecule has 0 fully saturated rings. The van der Waals surface area contributed by atoms with Crippen LogP contribution in [0.15, 0.2) is 48.7 Å². The summed E-state index contributed by atoms with van der Waals surface area (Å²) in [6.45, 7) is 4.14. The zero-order valence-electron chi connectivity index (χ0n) is 23.0. The van der Waals surface area contributed by atoms with Gasteiger partial charge in [0.05, 0.1) is 37.0 Å². The third-order valence-electron chi connectivity index (χ3n) is 6.68. The molecule has 5 N–H and O–H groups in total. The monoisotopic (exact) mass is 587 g/mol. The Hall–Kier alpha value is -4.52. The van der Waals surface area contributed by atoms with E-state index in [4.69, 9.17) is 10.5 Å². The number of ether oxygens (including phenoxy) is 1. The number of amides is 2. The molecule has 0 saturated heterocycles. The number of nitrogens with one attached hydrogen (secondary N) is 2. The van der Waals surface area contributed by atoms with Crippen LogP contribution in [0.1, 0.15) is 53.9 Å². The van der Waals surface area contributed by atoms with E-state index in [9.17, 15) is 32.3 Å². The second-order valence-electron chi connectivity index (χ2n) is 10.0. The number of nitrogens with two attached hydrogens (primary N) is 1. The number of nitrogens with zero attached hydrogens (tertiary/aromatic N) is 2. The summed E-state index contributed by atoms with van der Waals surface area (Å²) in [5.74, 6) is -2.43. The predicted octanol–water partition coefficient (Wildman–Crippen LogP) is 4.49. The summed E-state index contributed by atoms with van der Waals surface area (Å²) < 4.78 is 63.0. The Bertz CT molecular complexity index is 1620. The lowest BCUT2D eigenvalue weighted by atomic mass is 9.93. The molecule has 0 spiro atoms. The van der Waals surface area contributed by atoms with Crippen molar-refractivity contribution in [1.29, 1.82) is 0 Å². The summed E-state index contributed by atoms with van der Waals surface area (Å²) in [7, 11) is 0. The molecule has 4 rings (SSSR count). The number of aromatic amines is 1. The van der Waals surface area contributed by atoms with Gasteiger partial charge in [0, 0.05) is 22.1 Å². The molecule has 0 bridgehead atoms. The van der Waals surface area contributed by atoms with Crippen molar-refractivity contribution < 1.29 is 37.0 Å². The fourth-order valence-corrected chi connectivity index (χ4v) is 4.54. The van der Waals surface area contributed by atoms with Crippen molar-refractivity contribution >= 4 is 22.7 Å². The van der Waals surface area contributed by atoms with Crippen LogP contribution in [0.5, 0.6) is 5.75 Å². The molecular weight excluding hydrogens is 558 g/mol. The van der Waals surface area contributed by atoms with Crippen molar-refractivity contribution in [1.82, 2.24) is 20.5 Å². The summed E-state index contributed by atoms with van der Waals surface area (Å²) in [5, 5.41) is 20.7. The summed E-state index contributed by atoms with van der Waals surface area (Å²) in [4.78, 5) is 29.0. The third kappa shape index (κ3) is 6.05. The first-order valence-corrected chi connectivity index (χ1v) is 13.0. The molecule has 2 amide bonds. The van der Waals surface area contributed by atoms with Gasteiger partial charge in [-0.3, -0.25) is 14.7 Å². The molecule has 9 nitrogen and oxygen atoms in total. The maximum absolute atomic E-state index is 14.6. The van der Waals surface area contributed by atoms with E-state index in [1.165, 1.54) is 24.4 Å². The number of H-pyrrole nitrogens is 1. The summed E-state index contributed by atoms with van der Waals surface area (Å²) in [5.41, 5.74) is 2.15.